The highest BCUT2D eigenvalue weighted by Gasteiger charge is 2.19. The quantitative estimate of drug-likeness (QED) is 0.830. The van der Waals surface area contributed by atoms with Crippen LogP contribution in [0.2, 0.25) is 5.02 Å². The Bertz CT molecular complexity index is 385. The van der Waals surface area contributed by atoms with Crippen LogP contribution in [0.4, 0.5) is 5.69 Å². The summed E-state index contributed by atoms with van der Waals surface area (Å²) in [7, 11) is 0. The van der Waals surface area contributed by atoms with E-state index >= 15 is 0 Å². The number of halogens is 1. The zero-order chi connectivity index (χ0) is 13.6. The second kappa shape index (κ2) is 6.76. The Morgan fingerprint density at radius 1 is 1.22 bits per heavy atom. The molecule has 0 saturated heterocycles. The highest BCUT2D eigenvalue weighted by atomic mass is 35.5. The molecule has 1 aromatic rings. The molecule has 0 unspecified atom stereocenters. The number of hydrogen-bond donors (Lipinski definition) is 2. The molecule has 2 N–H and O–H groups in total. The fourth-order valence-corrected chi connectivity index (χ4v) is 1.66. The van der Waals surface area contributed by atoms with E-state index in [4.69, 9.17) is 11.6 Å². The van der Waals surface area contributed by atoms with E-state index in [-0.39, 0.29) is 11.4 Å². The minimum Gasteiger partial charge on any atom is -0.325 e. The molecule has 1 aromatic carbocycles. The van der Waals surface area contributed by atoms with Gasteiger partial charge in [0, 0.05) is 16.2 Å². The van der Waals surface area contributed by atoms with Crippen LogP contribution >= 0.6 is 11.6 Å². The fraction of sp³-hybridized carbons (Fsp3) is 0.500. The maximum atomic E-state index is 11.8. The number of anilines is 1. The van der Waals surface area contributed by atoms with Crippen molar-refractivity contribution in [1.29, 1.82) is 0 Å². The van der Waals surface area contributed by atoms with Gasteiger partial charge in [0.05, 0.1) is 6.54 Å². The molecular formula is C14H21ClN2O. The molecule has 0 fully saturated rings. The van der Waals surface area contributed by atoms with Gasteiger partial charge in [0.25, 0.3) is 0 Å². The van der Waals surface area contributed by atoms with E-state index in [1.165, 1.54) is 0 Å². The normalized spacial score (nSPS) is 11.3. The number of amides is 1. The van der Waals surface area contributed by atoms with Gasteiger partial charge < -0.3 is 10.6 Å². The molecule has 0 atom stereocenters. The van der Waals surface area contributed by atoms with Gasteiger partial charge in [0.15, 0.2) is 0 Å². The summed E-state index contributed by atoms with van der Waals surface area (Å²) in [5.41, 5.74) is 0.790. The smallest absolute Gasteiger partial charge is 0.238 e. The number of nitrogens with one attached hydrogen (secondary N) is 2. The van der Waals surface area contributed by atoms with Crippen LogP contribution < -0.4 is 10.6 Å². The largest absolute Gasteiger partial charge is 0.325 e. The number of benzene rings is 1. The van der Waals surface area contributed by atoms with E-state index in [0.717, 1.165) is 18.5 Å². The molecule has 4 heteroatoms. The molecule has 100 valence electrons. The molecule has 0 radical (unpaired) electrons. The Labute approximate surface area is 114 Å². The summed E-state index contributed by atoms with van der Waals surface area (Å²) in [6.07, 6.45) is 2.00. The number of rotatable bonds is 6. The lowest BCUT2D eigenvalue weighted by molar-refractivity contribution is -0.115. The molecule has 0 aromatic heterocycles. The van der Waals surface area contributed by atoms with Crippen LogP contribution in [0.1, 0.15) is 33.6 Å². The van der Waals surface area contributed by atoms with Gasteiger partial charge in [0.2, 0.25) is 5.91 Å². The summed E-state index contributed by atoms with van der Waals surface area (Å²) in [5.74, 6) is -0.0366. The van der Waals surface area contributed by atoms with Crippen LogP contribution in [-0.2, 0) is 4.79 Å². The van der Waals surface area contributed by atoms with E-state index in [9.17, 15) is 4.79 Å². The molecule has 0 bridgehead atoms. The van der Waals surface area contributed by atoms with Crippen LogP contribution in [0.15, 0.2) is 24.3 Å². The van der Waals surface area contributed by atoms with Gasteiger partial charge >= 0.3 is 0 Å². The van der Waals surface area contributed by atoms with Crippen LogP contribution in [0, 0.1) is 0 Å². The summed E-state index contributed by atoms with van der Waals surface area (Å²) < 4.78 is 0. The average Bonchev–Trinajstić information content (AvgIpc) is 2.39. The van der Waals surface area contributed by atoms with Gasteiger partial charge in [-0.1, -0.05) is 25.4 Å². The van der Waals surface area contributed by atoms with Crippen LogP contribution in [-0.4, -0.2) is 18.0 Å². The van der Waals surface area contributed by atoms with E-state index in [2.05, 4.69) is 31.4 Å². The monoisotopic (exact) mass is 268 g/mol. The summed E-state index contributed by atoms with van der Waals surface area (Å²) in [6.45, 7) is 6.69. The molecule has 3 nitrogen and oxygen atoms in total. The van der Waals surface area contributed by atoms with Gasteiger partial charge in [-0.3, -0.25) is 4.79 Å². The Kier molecular flexibility index (Phi) is 5.63. The van der Waals surface area contributed by atoms with Crippen molar-refractivity contribution >= 4 is 23.2 Å². The number of carbonyl (C=O) groups is 1. The van der Waals surface area contributed by atoms with Gasteiger partial charge in [-0.25, -0.2) is 0 Å². The first-order chi connectivity index (χ1) is 8.49. The van der Waals surface area contributed by atoms with E-state index in [1.807, 2.05) is 0 Å². The lowest BCUT2D eigenvalue weighted by atomic mass is 9.96. The van der Waals surface area contributed by atoms with Crippen LogP contribution in [0.25, 0.3) is 0 Å². The fourth-order valence-electron chi connectivity index (χ4n) is 1.53. The topological polar surface area (TPSA) is 41.1 Å². The van der Waals surface area contributed by atoms with Gasteiger partial charge in [0.1, 0.15) is 0 Å². The maximum absolute atomic E-state index is 11.8. The predicted molar refractivity (Wildman–Crippen MR) is 77.1 cm³/mol. The zero-order valence-electron chi connectivity index (χ0n) is 11.2. The predicted octanol–water partition coefficient (Wildman–Crippen LogP) is 3.45. The van der Waals surface area contributed by atoms with Crippen LogP contribution in [0.3, 0.4) is 0 Å². The Balaban J connectivity index is 2.45. The average molecular weight is 269 g/mol. The maximum Gasteiger partial charge on any atom is 0.238 e. The molecular weight excluding hydrogens is 248 g/mol. The SMILES string of the molecule is CCC(C)(CC)NCC(=O)Nc1ccc(Cl)cc1. The van der Waals surface area contributed by atoms with Crippen molar-refractivity contribution in [2.45, 2.75) is 39.2 Å². The standard InChI is InChI=1S/C14H21ClN2O/c1-4-14(3,5-2)16-10-13(18)17-12-8-6-11(15)7-9-12/h6-9,16H,4-5,10H2,1-3H3,(H,17,18). The third kappa shape index (κ3) is 4.67. The first kappa shape index (κ1) is 15.0. The van der Waals surface area contributed by atoms with Crippen molar-refractivity contribution in [2.24, 2.45) is 0 Å². The minimum atomic E-state index is -0.0366. The van der Waals surface area contributed by atoms with Crippen molar-refractivity contribution in [3.05, 3.63) is 29.3 Å². The highest BCUT2D eigenvalue weighted by Crippen LogP contribution is 2.14. The molecule has 0 heterocycles. The Morgan fingerprint density at radius 2 is 1.78 bits per heavy atom. The highest BCUT2D eigenvalue weighted by molar-refractivity contribution is 6.30. The van der Waals surface area contributed by atoms with Crippen molar-refractivity contribution in [2.75, 3.05) is 11.9 Å². The molecule has 0 aliphatic carbocycles. The molecule has 0 aliphatic rings. The summed E-state index contributed by atoms with van der Waals surface area (Å²) in [6, 6.07) is 7.09. The lowest BCUT2D eigenvalue weighted by Crippen LogP contribution is -2.45. The van der Waals surface area contributed by atoms with E-state index in [1.54, 1.807) is 24.3 Å². The molecule has 1 rings (SSSR count). The minimum absolute atomic E-state index is 0.0251. The van der Waals surface area contributed by atoms with Crippen molar-refractivity contribution in [3.63, 3.8) is 0 Å². The molecule has 18 heavy (non-hydrogen) atoms. The molecule has 0 saturated carbocycles. The number of hydrogen-bond acceptors (Lipinski definition) is 2. The van der Waals surface area contributed by atoms with Gasteiger partial charge in [-0.2, -0.15) is 0 Å². The van der Waals surface area contributed by atoms with E-state index < -0.39 is 0 Å². The Hall–Kier alpha value is -1.06. The second-order valence-electron chi connectivity index (χ2n) is 4.68. The number of carbonyl (C=O) groups excluding carboxylic acids is 1. The van der Waals surface area contributed by atoms with Crippen molar-refractivity contribution in [3.8, 4) is 0 Å². The van der Waals surface area contributed by atoms with Gasteiger partial charge in [-0.05, 0) is 44.0 Å². The summed E-state index contributed by atoms with van der Waals surface area (Å²) in [5, 5.41) is 6.78. The first-order valence-electron chi connectivity index (χ1n) is 6.29. The third-order valence-electron chi connectivity index (χ3n) is 3.36. The summed E-state index contributed by atoms with van der Waals surface area (Å²) >= 11 is 5.78. The molecule has 1 amide bonds. The summed E-state index contributed by atoms with van der Waals surface area (Å²) in [4.78, 5) is 11.8. The lowest BCUT2D eigenvalue weighted by Gasteiger charge is -2.28. The van der Waals surface area contributed by atoms with Crippen molar-refractivity contribution in [1.82, 2.24) is 5.32 Å². The third-order valence-corrected chi connectivity index (χ3v) is 3.62. The van der Waals surface area contributed by atoms with Crippen molar-refractivity contribution < 1.29 is 4.79 Å². The molecule has 0 spiro atoms. The molecule has 0 aliphatic heterocycles. The van der Waals surface area contributed by atoms with E-state index in [0.29, 0.717) is 11.6 Å². The zero-order valence-corrected chi connectivity index (χ0v) is 12.0. The first-order valence-corrected chi connectivity index (χ1v) is 6.67. The Morgan fingerprint density at radius 3 is 2.28 bits per heavy atom. The van der Waals surface area contributed by atoms with Crippen LogP contribution in [0.5, 0.6) is 0 Å². The second-order valence-corrected chi connectivity index (χ2v) is 5.11. The van der Waals surface area contributed by atoms with Gasteiger partial charge in [-0.15, -0.1) is 0 Å².